The summed E-state index contributed by atoms with van der Waals surface area (Å²) in [4.78, 5) is 10.4. The third-order valence-corrected chi connectivity index (χ3v) is 7.33. The molecule has 0 radical (unpaired) electrons. The molecule has 2 N–H and O–H groups in total. The van der Waals surface area contributed by atoms with E-state index >= 15 is 0 Å². The lowest BCUT2D eigenvalue weighted by molar-refractivity contribution is -0.131. The number of carboxylic acid groups (broad SMARTS) is 1. The number of aliphatic hydroxyl groups is 1. The van der Waals surface area contributed by atoms with Crippen LogP contribution in [0.4, 0.5) is 0 Å². The first-order valence-electron chi connectivity index (χ1n) is 10.1. The highest BCUT2D eigenvalue weighted by atomic mass is 32.2. The molecule has 1 unspecified atom stereocenters. The summed E-state index contributed by atoms with van der Waals surface area (Å²) in [7, 11) is 0. The predicted octanol–water partition coefficient (Wildman–Crippen LogP) is 4.04. The first kappa shape index (κ1) is 20.0. The Morgan fingerprint density at radius 1 is 1.19 bits per heavy atom. The van der Waals surface area contributed by atoms with Crippen molar-refractivity contribution in [3.63, 3.8) is 0 Å². The van der Waals surface area contributed by atoms with E-state index in [9.17, 15) is 9.90 Å². The van der Waals surface area contributed by atoms with Gasteiger partial charge in [-0.2, -0.15) is 11.8 Å². The number of unbranched alkanes of at least 4 members (excludes halogenated alkanes) is 1. The van der Waals surface area contributed by atoms with E-state index in [1.54, 1.807) is 6.08 Å². The van der Waals surface area contributed by atoms with Gasteiger partial charge in [-0.15, -0.1) is 0 Å². The second kappa shape index (κ2) is 9.95. The molecule has 0 aromatic carbocycles. The Kier molecular flexibility index (Phi) is 7.64. The van der Waals surface area contributed by atoms with E-state index in [-0.39, 0.29) is 6.10 Å². The van der Waals surface area contributed by atoms with Crippen LogP contribution < -0.4 is 0 Å². The first-order chi connectivity index (χ1) is 12.6. The molecule has 0 amide bonds. The molecule has 0 aromatic rings. The summed E-state index contributed by atoms with van der Waals surface area (Å²) in [6, 6.07) is 0. The van der Waals surface area contributed by atoms with Gasteiger partial charge in [0.1, 0.15) is 0 Å². The van der Waals surface area contributed by atoms with Gasteiger partial charge >= 0.3 is 5.97 Å². The maximum atomic E-state index is 10.4. The molecular weight excluding hydrogens is 348 g/mol. The number of allylic oxidation sites excluding steroid dienone is 1. The topological polar surface area (TPSA) is 66.8 Å². The summed E-state index contributed by atoms with van der Waals surface area (Å²) in [6.45, 7) is 0. The second-order valence-corrected chi connectivity index (χ2v) is 9.06. The van der Waals surface area contributed by atoms with E-state index in [4.69, 9.17) is 9.84 Å². The molecule has 2 bridgehead atoms. The zero-order valence-corrected chi connectivity index (χ0v) is 16.3. The van der Waals surface area contributed by atoms with Crippen molar-refractivity contribution in [2.24, 2.45) is 17.8 Å². The van der Waals surface area contributed by atoms with Crippen LogP contribution in [-0.4, -0.2) is 46.0 Å². The fraction of sp³-hybridized carbons (Fsp3) is 0.762. The Labute approximate surface area is 161 Å². The van der Waals surface area contributed by atoms with Crippen molar-refractivity contribution in [2.45, 2.75) is 69.7 Å². The molecule has 4 nitrogen and oxygen atoms in total. The SMILES string of the molecule is O=C(O)C=CCCCSC[C@@H]1[C@H](/C=C/C(O)C2CCCC2)[C@@H]2CC[C@H]1O2. The van der Waals surface area contributed by atoms with E-state index in [0.717, 1.165) is 43.6 Å². The summed E-state index contributed by atoms with van der Waals surface area (Å²) < 4.78 is 6.15. The van der Waals surface area contributed by atoms with Gasteiger partial charge in [-0.25, -0.2) is 4.79 Å². The Bertz CT molecular complexity index is 512. The molecule has 26 heavy (non-hydrogen) atoms. The van der Waals surface area contributed by atoms with Crippen LogP contribution in [0, 0.1) is 17.8 Å². The quantitative estimate of drug-likeness (QED) is 0.340. The number of hydrogen-bond donors (Lipinski definition) is 2. The van der Waals surface area contributed by atoms with Crippen LogP contribution in [0.3, 0.4) is 0 Å². The van der Waals surface area contributed by atoms with E-state index in [0.29, 0.717) is 30.0 Å². The lowest BCUT2D eigenvalue weighted by atomic mass is 9.80. The highest BCUT2D eigenvalue weighted by molar-refractivity contribution is 7.99. The molecule has 3 rings (SSSR count). The van der Waals surface area contributed by atoms with Crippen LogP contribution in [0.2, 0.25) is 0 Å². The standard InChI is InChI=1S/C21H32O4S/c22-18(15-6-3-4-7-15)10-9-16-17(20-12-11-19(16)25-20)14-26-13-5-1-2-8-21(23)24/h2,8-10,15-20,22H,1,3-7,11-14H2,(H,23,24)/b8-2?,10-9+/t16-,17+,18?,19-,20+/m0/s1. The van der Waals surface area contributed by atoms with Gasteiger partial charge in [-0.05, 0) is 55.9 Å². The first-order valence-corrected chi connectivity index (χ1v) is 11.3. The molecule has 2 aliphatic heterocycles. The third kappa shape index (κ3) is 5.37. The normalized spacial score (nSPS) is 33.0. The molecule has 146 valence electrons. The number of ether oxygens (including phenoxy) is 1. The summed E-state index contributed by atoms with van der Waals surface area (Å²) >= 11 is 1.95. The molecule has 0 spiro atoms. The molecule has 1 saturated carbocycles. The number of hydrogen-bond acceptors (Lipinski definition) is 4. The molecular formula is C21H32O4S. The molecule has 1 aliphatic carbocycles. The van der Waals surface area contributed by atoms with Gasteiger partial charge < -0.3 is 14.9 Å². The van der Waals surface area contributed by atoms with Gasteiger partial charge in [-0.1, -0.05) is 31.1 Å². The van der Waals surface area contributed by atoms with Crippen molar-refractivity contribution in [1.82, 2.24) is 0 Å². The fourth-order valence-corrected chi connectivity index (χ4v) is 5.95. The monoisotopic (exact) mass is 380 g/mol. The van der Waals surface area contributed by atoms with Crippen LogP contribution >= 0.6 is 11.8 Å². The smallest absolute Gasteiger partial charge is 0.327 e. The number of thioether (sulfide) groups is 1. The van der Waals surface area contributed by atoms with Crippen molar-refractivity contribution in [1.29, 1.82) is 0 Å². The number of aliphatic carboxylic acids is 1. The van der Waals surface area contributed by atoms with Crippen molar-refractivity contribution < 1.29 is 19.7 Å². The largest absolute Gasteiger partial charge is 0.478 e. The van der Waals surface area contributed by atoms with E-state index in [1.165, 1.54) is 25.3 Å². The van der Waals surface area contributed by atoms with Gasteiger partial charge in [0.05, 0.1) is 18.3 Å². The maximum Gasteiger partial charge on any atom is 0.327 e. The minimum absolute atomic E-state index is 0.286. The minimum Gasteiger partial charge on any atom is -0.478 e. The summed E-state index contributed by atoms with van der Waals surface area (Å²) in [5.41, 5.74) is 0. The molecule has 3 aliphatic rings. The van der Waals surface area contributed by atoms with Gasteiger partial charge in [0.25, 0.3) is 0 Å². The number of rotatable bonds is 10. The molecule has 0 aromatic heterocycles. The van der Waals surface area contributed by atoms with Crippen LogP contribution in [-0.2, 0) is 9.53 Å². The average Bonchev–Trinajstić information content (AvgIpc) is 3.35. The summed E-state index contributed by atoms with van der Waals surface area (Å²) in [5, 5.41) is 19.0. The van der Waals surface area contributed by atoms with E-state index in [1.807, 2.05) is 11.8 Å². The minimum atomic E-state index is -0.869. The zero-order chi connectivity index (χ0) is 18.4. The lowest BCUT2D eigenvalue weighted by Gasteiger charge is -2.26. The molecule has 2 heterocycles. The fourth-order valence-electron chi connectivity index (χ4n) is 4.70. The van der Waals surface area contributed by atoms with Crippen molar-refractivity contribution in [3.05, 3.63) is 24.3 Å². The summed E-state index contributed by atoms with van der Waals surface area (Å²) in [6.07, 6.45) is 16.7. The number of carboxylic acids is 1. The second-order valence-electron chi connectivity index (χ2n) is 7.91. The lowest BCUT2D eigenvalue weighted by Crippen LogP contribution is -2.28. The molecule has 5 atom stereocenters. The average molecular weight is 381 g/mol. The molecule has 5 heteroatoms. The third-order valence-electron chi connectivity index (χ3n) is 6.13. The van der Waals surface area contributed by atoms with Crippen LogP contribution in [0.25, 0.3) is 0 Å². The number of fused-ring (bicyclic) bond motifs is 2. The summed E-state index contributed by atoms with van der Waals surface area (Å²) in [5.74, 6) is 2.74. The highest BCUT2D eigenvalue weighted by Gasteiger charge is 2.47. The van der Waals surface area contributed by atoms with Crippen molar-refractivity contribution in [2.75, 3.05) is 11.5 Å². The number of carbonyl (C=O) groups is 1. The van der Waals surface area contributed by atoms with Gasteiger partial charge in [0.15, 0.2) is 0 Å². The van der Waals surface area contributed by atoms with Crippen LogP contribution in [0.5, 0.6) is 0 Å². The van der Waals surface area contributed by atoms with Crippen molar-refractivity contribution >= 4 is 17.7 Å². The van der Waals surface area contributed by atoms with E-state index < -0.39 is 5.97 Å². The van der Waals surface area contributed by atoms with Crippen molar-refractivity contribution in [3.8, 4) is 0 Å². The maximum absolute atomic E-state index is 10.4. The molecule has 3 fully saturated rings. The molecule has 2 saturated heterocycles. The van der Waals surface area contributed by atoms with Gasteiger partial charge in [-0.3, -0.25) is 0 Å². The van der Waals surface area contributed by atoms with Crippen LogP contribution in [0.15, 0.2) is 24.3 Å². The van der Waals surface area contributed by atoms with Gasteiger partial charge in [0, 0.05) is 17.9 Å². The highest BCUT2D eigenvalue weighted by Crippen LogP contribution is 2.45. The Balaban J connectivity index is 1.42. The van der Waals surface area contributed by atoms with Crippen LogP contribution in [0.1, 0.15) is 51.4 Å². The predicted molar refractivity (Wildman–Crippen MR) is 105 cm³/mol. The Morgan fingerprint density at radius 3 is 2.73 bits per heavy atom. The Hall–Kier alpha value is -0.780. The number of aliphatic hydroxyl groups excluding tert-OH is 1. The van der Waals surface area contributed by atoms with E-state index in [2.05, 4.69) is 12.2 Å². The zero-order valence-electron chi connectivity index (χ0n) is 15.5. The van der Waals surface area contributed by atoms with Gasteiger partial charge in [0.2, 0.25) is 0 Å². The Morgan fingerprint density at radius 2 is 1.96 bits per heavy atom.